The summed E-state index contributed by atoms with van der Waals surface area (Å²) in [5.74, 6) is 0. The predicted octanol–water partition coefficient (Wildman–Crippen LogP) is 3.43. The number of rotatable bonds is 2. The molecule has 0 atom stereocenters. The van der Waals surface area contributed by atoms with Crippen LogP contribution in [0.2, 0.25) is 0 Å². The molecule has 1 heterocycles. The van der Waals surface area contributed by atoms with E-state index in [0.717, 1.165) is 25.9 Å². The Bertz CT molecular complexity index is 650. The summed E-state index contributed by atoms with van der Waals surface area (Å²) in [4.78, 5) is 15.9. The maximum Gasteiger partial charge on any atom is 0.348 e. The van der Waals surface area contributed by atoms with E-state index < -0.39 is 0 Å². The summed E-state index contributed by atoms with van der Waals surface area (Å²) in [5.41, 5.74) is 2.47. The van der Waals surface area contributed by atoms with Crippen molar-refractivity contribution in [1.82, 2.24) is 9.55 Å². The van der Waals surface area contributed by atoms with E-state index >= 15 is 0 Å². The number of hydrogen-bond donors (Lipinski definition) is 0. The Labute approximate surface area is 122 Å². The van der Waals surface area contributed by atoms with E-state index in [1.165, 1.54) is 0 Å². The highest BCUT2D eigenvalue weighted by molar-refractivity contribution is 9.10. The normalized spacial score (nSPS) is 10.7. The van der Waals surface area contributed by atoms with Crippen LogP contribution in [0.3, 0.4) is 0 Å². The van der Waals surface area contributed by atoms with Gasteiger partial charge in [0.1, 0.15) is 0 Å². The van der Waals surface area contributed by atoms with Crippen molar-refractivity contribution < 1.29 is 0 Å². The van der Waals surface area contributed by atoms with Crippen molar-refractivity contribution in [2.75, 3.05) is 0 Å². The molecule has 0 saturated carbocycles. The summed E-state index contributed by atoms with van der Waals surface area (Å²) < 4.78 is 3.56. The van der Waals surface area contributed by atoms with Crippen molar-refractivity contribution in [2.45, 2.75) is 20.4 Å². The minimum atomic E-state index is -0.215. The quantitative estimate of drug-likeness (QED) is 0.810. The average Bonchev–Trinajstić information content (AvgIpc) is 2.32. The number of aryl methyl sites for hydroxylation is 1. The van der Waals surface area contributed by atoms with Crippen LogP contribution in [0.5, 0.6) is 0 Å². The highest BCUT2D eigenvalue weighted by Gasteiger charge is 2.09. The minimum Gasteiger partial charge on any atom is -0.291 e. The Balaban J connectivity index is 2.47. The first kappa shape index (κ1) is 13.5. The highest BCUT2D eigenvalue weighted by atomic mass is 79.9. The zero-order valence-corrected chi connectivity index (χ0v) is 13.2. The maximum absolute atomic E-state index is 11.9. The summed E-state index contributed by atoms with van der Waals surface area (Å²) >= 11 is 6.89. The van der Waals surface area contributed by atoms with Crippen molar-refractivity contribution in [2.24, 2.45) is 0 Å². The molecule has 3 nitrogen and oxygen atoms in total. The van der Waals surface area contributed by atoms with E-state index in [0.29, 0.717) is 6.54 Å². The molecule has 94 valence electrons. The van der Waals surface area contributed by atoms with Gasteiger partial charge in [-0.3, -0.25) is 4.57 Å². The Kier molecular flexibility index (Phi) is 4.02. The van der Waals surface area contributed by atoms with Gasteiger partial charge in [0.25, 0.3) is 0 Å². The molecule has 0 aliphatic carbocycles. The fraction of sp³-hybridized carbons (Fsp3) is 0.231. The van der Waals surface area contributed by atoms with Gasteiger partial charge < -0.3 is 0 Å². The van der Waals surface area contributed by atoms with Gasteiger partial charge in [0, 0.05) is 10.2 Å². The number of halogens is 2. The summed E-state index contributed by atoms with van der Waals surface area (Å²) in [6.45, 7) is 4.26. The fourth-order valence-electron chi connectivity index (χ4n) is 1.78. The molecule has 5 heteroatoms. The molecule has 0 bridgehead atoms. The molecule has 1 aromatic carbocycles. The van der Waals surface area contributed by atoms with Gasteiger partial charge in [-0.25, -0.2) is 4.79 Å². The Morgan fingerprint density at radius 3 is 2.67 bits per heavy atom. The molecule has 0 spiro atoms. The van der Waals surface area contributed by atoms with Gasteiger partial charge in [0.05, 0.1) is 16.7 Å². The molecule has 2 rings (SSSR count). The molecular formula is C13H12Br2N2O. The minimum absolute atomic E-state index is 0.215. The van der Waals surface area contributed by atoms with Crippen LogP contribution in [-0.2, 0) is 6.54 Å². The average molecular weight is 372 g/mol. The Hall–Kier alpha value is -0.940. The first-order valence-corrected chi connectivity index (χ1v) is 7.05. The second-order valence-corrected chi connectivity index (χ2v) is 5.80. The molecule has 0 amide bonds. The molecule has 0 aliphatic rings. The molecule has 0 saturated heterocycles. The lowest BCUT2D eigenvalue weighted by Gasteiger charge is -2.12. The molecule has 2 aromatic rings. The molecule has 1 aromatic heterocycles. The van der Waals surface area contributed by atoms with Gasteiger partial charge in [-0.2, -0.15) is 4.98 Å². The van der Waals surface area contributed by atoms with Crippen LogP contribution in [0, 0.1) is 13.8 Å². The van der Waals surface area contributed by atoms with Crippen molar-refractivity contribution in [3.63, 3.8) is 0 Å². The van der Waals surface area contributed by atoms with Gasteiger partial charge in [0.2, 0.25) is 0 Å². The van der Waals surface area contributed by atoms with Gasteiger partial charge >= 0.3 is 5.69 Å². The number of benzene rings is 1. The fourth-order valence-corrected chi connectivity index (χ4v) is 2.53. The van der Waals surface area contributed by atoms with E-state index in [1.54, 1.807) is 4.57 Å². The van der Waals surface area contributed by atoms with E-state index in [1.807, 2.05) is 38.1 Å². The van der Waals surface area contributed by atoms with E-state index in [2.05, 4.69) is 36.8 Å². The Morgan fingerprint density at radius 2 is 2.00 bits per heavy atom. The van der Waals surface area contributed by atoms with Crippen LogP contribution in [0.15, 0.2) is 38.0 Å². The van der Waals surface area contributed by atoms with Gasteiger partial charge in [-0.1, -0.05) is 28.1 Å². The second-order valence-electron chi connectivity index (χ2n) is 4.10. The van der Waals surface area contributed by atoms with Crippen molar-refractivity contribution in [3.05, 3.63) is 60.6 Å². The number of nitrogens with zero attached hydrogens (tertiary/aromatic N) is 2. The molecule has 0 radical (unpaired) electrons. The van der Waals surface area contributed by atoms with E-state index in [9.17, 15) is 4.79 Å². The lowest BCUT2D eigenvalue weighted by atomic mass is 10.2. The third kappa shape index (κ3) is 2.72. The van der Waals surface area contributed by atoms with E-state index in [4.69, 9.17) is 0 Å². The van der Waals surface area contributed by atoms with Crippen LogP contribution >= 0.6 is 31.9 Å². The van der Waals surface area contributed by atoms with Crippen molar-refractivity contribution in [1.29, 1.82) is 0 Å². The first-order chi connectivity index (χ1) is 8.49. The summed E-state index contributed by atoms with van der Waals surface area (Å²) in [6.07, 6.45) is 0. The Morgan fingerprint density at radius 1 is 1.28 bits per heavy atom. The second kappa shape index (κ2) is 5.36. The van der Waals surface area contributed by atoms with Crippen LogP contribution in [0.25, 0.3) is 0 Å². The smallest absolute Gasteiger partial charge is 0.291 e. The lowest BCUT2D eigenvalue weighted by Crippen LogP contribution is -2.26. The molecule has 0 N–H and O–H groups in total. The van der Waals surface area contributed by atoms with Crippen molar-refractivity contribution in [3.8, 4) is 0 Å². The standard InChI is InChI=1S/C13H12Br2N2O/c1-8-12(15)9(2)17(13(18)16-8)7-10-4-3-5-11(14)6-10/h3-6H,7H2,1-2H3. The van der Waals surface area contributed by atoms with Crippen LogP contribution in [0.1, 0.15) is 17.0 Å². The van der Waals surface area contributed by atoms with Gasteiger partial charge in [0.15, 0.2) is 0 Å². The number of aromatic nitrogens is 2. The highest BCUT2D eigenvalue weighted by Crippen LogP contribution is 2.18. The molecule has 0 unspecified atom stereocenters. The molecule has 0 fully saturated rings. The molecule has 18 heavy (non-hydrogen) atoms. The summed E-state index contributed by atoms with van der Waals surface area (Å²) in [7, 11) is 0. The largest absolute Gasteiger partial charge is 0.348 e. The van der Waals surface area contributed by atoms with E-state index in [-0.39, 0.29) is 5.69 Å². The molecule has 0 aliphatic heterocycles. The summed E-state index contributed by atoms with van der Waals surface area (Å²) in [6, 6.07) is 7.91. The maximum atomic E-state index is 11.9. The van der Waals surface area contributed by atoms with Gasteiger partial charge in [-0.05, 0) is 47.5 Å². The first-order valence-electron chi connectivity index (χ1n) is 5.47. The molecular weight excluding hydrogens is 360 g/mol. The van der Waals surface area contributed by atoms with Crippen LogP contribution in [0.4, 0.5) is 0 Å². The zero-order valence-electron chi connectivity index (χ0n) is 10.1. The van der Waals surface area contributed by atoms with Crippen LogP contribution in [-0.4, -0.2) is 9.55 Å². The monoisotopic (exact) mass is 370 g/mol. The lowest BCUT2D eigenvalue weighted by molar-refractivity contribution is 0.688. The zero-order chi connectivity index (χ0) is 13.3. The topological polar surface area (TPSA) is 34.9 Å². The van der Waals surface area contributed by atoms with Crippen molar-refractivity contribution >= 4 is 31.9 Å². The van der Waals surface area contributed by atoms with Crippen LogP contribution < -0.4 is 5.69 Å². The third-order valence-corrected chi connectivity index (χ3v) is 4.41. The number of hydrogen-bond acceptors (Lipinski definition) is 2. The van der Waals surface area contributed by atoms with Gasteiger partial charge in [-0.15, -0.1) is 0 Å². The third-order valence-electron chi connectivity index (χ3n) is 2.76. The SMILES string of the molecule is Cc1nc(=O)n(Cc2cccc(Br)c2)c(C)c1Br. The summed E-state index contributed by atoms with van der Waals surface area (Å²) in [5, 5.41) is 0. The predicted molar refractivity (Wildman–Crippen MR) is 78.9 cm³/mol.